The molecule has 3 aromatic rings. The summed E-state index contributed by atoms with van der Waals surface area (Å²) in [5.41, 5.74) is 0.531. The predicted molar refractivity (Wildman–Crippen MR) is 98.2 cm³/mol. The van der Waals surface area contributed by atoms with E-state index in [4.69, 9.17) is 9.47 Å². The Labute approximate surface area is 147 Å². The number of pyridine rings is 1. The van der Waals surface area contributed by atoms with Crippen molar-refractivity contribution in [2.24, 2.45) is 0 Å². The Morgan fingerprint density at radius 3 is 2.36 bits per heavy atom. The molecule has 128 valence electrons. The minimum atomic E-state index is -0.547. The molecule has 0 atom stereocenters. The van der Waals surface area contributed by atoms with Crippen molar-refractivity contribution in [2.75, 3.05) is 0 Å². The summed E-state index contributed by atoms with van der Waals surface area (Å²) in [5.74, 6) is 1.09. The van der Waals surface area contributed by atoms with Gasteiger partial charge in [-0.1, -0.05) is 24.3 Å². The quantitative estimate of drug-likeness (QED) is 0.610. The first-order valence-corrected chi connectivity index (χ1v) is 8.19. The highest BCUT2D eigenvalue weighted by Gasteiger charge is 2.20. The fraction of sp³-hybridized carbons (Fsp3) is 0.238. The lowest BCUT2D eigenvalue weighted by atomic mass is 10.1. The van der Waals surface area contributed by atoms with Crippen molar-refractivity contribution in [1.29, 1.82) is 0 Å². The Kier molecular flexibility index (Phi) is 4.45. The molecule has 0 aliphatic carbocycles. The summed E-state index contributed by atoms with van der Waals surface area (Å²) >= 11 is 0. The summed E-state index contributed by atoms with van der Waals surface area (Å²) in [6, 6.07) is 17.1. The number of aromatic nitrogens is 1. The van der Waals surface area contributed by atoms with Crippen LogP contribution in [0.4, 0.5) is 0 Å². The van der Waals surface area contributed by atoms with Gasteiger partial charge < -0.3 is 9.47 Å². The largest absolute Gasteiger partial charge is 0.457 e. The number of esters is 1. The summed E-state index contributed by atoms with van der Waals surface area (Å²) in [7, 11) is 0. The lowest BCUT2D eigenvalue weighted by Gasteiger charge is -2.19. The van der Waals surface area contributed by atoms with Crippen LogP contribution in [0.25, 0.3) is 10.8 Å². The Balaban J connectivity index is 1.92. The predicted octanol–water partition coefficient (Wildman–Crippen LogP) is 5.29. The zero-order valence-corrected chi connectivity index (χ0v) is 14.9. The third-order valence-electron chi connectivity index (χ3n) is 3.58. The topological polar surface area (TPSA) is 48.4 Å². The molecular formula is C21H21NO3. The van der Waals surface area contributed by atoms with Crippen molar-refractivity contribution in [1.82, 2.24) is 4.98 Å². The van der Waals surface area contributed by atoms with Crippen LogP contribution in [0.1, 0.15) is 37.0 Å². The fourth-order valence-electron chi connectivity index (χ4n) is 2.52. The van der Waals surface area contributed by atoms with Gasteiger partial charge in [0.25, 0.3) is 0 Å². The van der Waals surface area contributed by atoms with Crippen LogP contribution < -0.4 is 4.74 Å². The number of carbonyl (C=O) groups is 1. The Hall–Kier alpha value is -2.88. The number of fused-ring (bicyclic) bond motifs is 1. The van der Waals surface area contributed by atoms with Gasteiger partial charge in [-0.15, -0.1) is 0 Å². The number of ether oxygens (including phenoxy) is 2. The van der Waals surface area contributed by atoms with Gasteiger partial charge in [0.15, 0.2) is 0 Å². The lowest BCUT2D eigenvalue weighted by molar-refractivity contribution is 0.00628. The normalized spacial score (nSPS) is 11.4. The molecule has 25 heavy (non-hydrogen) atoms. The van der Waals surface area contributed by atoms with E-state index >= 15 is 0 Å². The molecule has 4 nitrogen and oxygen atoms in total. The van der Waals surface area contributed by atoms with E-state index in [1.165, 1.54) is 0 Å². The molecule has 0 spiro atoms. The maximum absolute atomic E-state index is 12.3. The standard InChI is InChI=1S/C21H21NO3/c1-14-18-13-17(24-16-8-6-5-7-9-16)11-10-15(18)12-19(22-14)20(23)25-21(2,3)4/h5-13H,1-4H3. The van der Waals surface area contributed by atoms with E-state index in [2.05, 4.69) is 4.98 Å². The number of para-hydroxylation sites is 1. The second-order valence-corrected chi connectivity index (χ2v) is 6.89. The zero-order valence-electron chi connectivity index (χ0n) is 14.9. The van der Waals surface area contributed by atoms with Gasteiger partial charge >= 0.3 is 5.97 Å². The second-order valence-electron chi connectivity index (χ2n) is 6.89. The molecule has 0 aliphatic rings. The molecule has 0 bridgehead atoms. The Morgan fingerprint density at radius 1 is 0.960 bits per heavy atom. The van der Waals surface area contributed by atoms with Crippen LogP contribution >= 0.6 is 0 Å². The molecule has 0 saturated heterocycles. The van der Waals surface area contributed by atoms with Crippen LogP contribution in [0.5, 0.6) is 11.5 Å². The summed E-state index contributed by atoms with van der Waals surface area (Å²) in [4.78, 5) is 16.7. The third-order valence-corrected chi connectivity index (χ3v) is 3.58. The van der Waals surface area contributed by atoms with Gasteiger partial charge in [-0.2, -0.15) is 0 Å². The van der Waals surface area contributed by atoms with Crippen molar-refractivity contribution in [3.05, 3.63) is 66.0 Å². The smallest absolute Gasteiger partial charge is 0.357 e. The number of carbonyl (C=O) groups excluding carboxylic acids is 1. The molecule has 0 saturated carbocycles. The summed E-state index contributed by atoms with van der Waals surface area (Å²) in [6.07, 6.45) is 0. The average Bonchev–Trinajstić information content (AvgIpc) is 2.54. The highest BCUT2D eigenvalue weighted by Crippen LogP contribution is 2.27. The molecule has 0 radical (unpaired) electrons. The van der Waals surface area contributed by atoms with Gasteiger partial charge in [-0.05, 0) is 63.4 Å². The molecule has 1 aromatic heterocycles. The van der Waals surface area contributed by atoms with E-state index in [0.717, 1.165) is 28.0 Å². The SMILES string of the molecule is Cc1nc(C(=O)OC(C)(C)C)cc2ccc(Oc3ccccc3)cc12. The molecule has 2 aromatic carbocycles. The molecular weight excluding hydrogens is 314 g/mol. The number of nitrogens with zero attached hydrogens (tertiary/aromatic N) is 1. The molecule has 0 amide bonds. The molecule has 0 aliphatic heterocycles. The van der Waals surface area contributed by atoms with Crippen LogP contribution in [0, 0.1) is 6.92 Å². The molecule has 4 heteroatoms. The molecule has 0 N–H and O–H groups in total. The minimum absolute atomic E-state index is 0.316. The summed E-state index contributed by atoms with van der Waals surface area (Å²) < 4.78 is 11.3. The van der Waals surface area contributed by atoms with Gasteiger partial charge in [0, 0.05) is 11.1 Å². The van der Waals surface area contributed by atoms with E-state index in [-0.39, 0.29) is 0 Å². The first-order chi connectivity index (χ1) is 11.8. The van der Waals surface area contributed by atoms with Crippen molar-refractivity contribution in [2.45, 2.75) is 33.3 Å². The number of hydrogen-bond acceptors (Lipinski definition) is 4. The maximum Gasteiger partial charge on any atom is 0.357 e. The van der Waals surface area contributed by atoms with Crippen molar-refractivity contribution in [3.8, 4) is 11.5 Å². The minimum Gasteiger partial charge on any atom is -0.457 e. The second kappa shape index (κ2) is 6.55. The molecule has 3 rings (SSSR count). The van der Waals surface area contributed by atoms with Crippen LogP contribution in [0.3, 0.4) is 0 Å². The van der Waals surface area contributed by atoms with E-state index in [9.17, 15) is 4.79 Å². The van der Waals surface area contributed by atoms with Crippen molar-refractivity contribution >= 4 is 16.7 Å². The van der Waals surface area contributed by atoms with Gasteiger partial charge in [-0.3, -0.25) is 0 Å². The fourth-order valence-corrected chi connectivity index (χ4v) is 2.52. The maximum atomic E-state index is 12.3. The number of aryl methyl sites for hydroxylation is 1. The average molecular weight is 335 g/mol. The number of benzene rings is 2. The van der Waals surface area contributed by atoms with Crippen LogP contribution in [-0.2, 0) is 4.74 Å². The van der Waals surface area contributed by atoms with Crippen LogP contribution in [-0.4, -0.2) is 16.6 Å². The van der Waals surface area contributed by atoms with Crippen LogP contribution in [0.2, 0.25) is 0 Å². The van der Waals surface area contributed by atoms with Gasteiger partial charge in [0.2, 0.25) is 0 Å². The summed E-state index contributed by atoms with van der Waals surface area (Å²) in [5, 5.41) is 1.87. The van der Waals surface area contributed by atoms with E-state index in [1.807, 2.05) is 76.2 Å². The number of hydrogen-bond donors (Lipinski definition) is 0. The highest BCUT2D eigenvalue weighted by molar-refractivity contribution is 5.94. The number of rotatable bonds is 3. The first kappa shape index (κ1) is 17.0. The first-order valence-electron chi connectivity index (χ1n) is 8.19. The molecule has 1 heterocycles. The monoisotopic (exact) mass is 335 g/mol. The lowest BCUT2D eigenvalue weighted by Crippen LogP contribution is -2.24. The third kappa shape index (κ3) is 4.15. The van der Waals surface area contributed by atoms with Crippen LogP contribution in [0.15, 0.2) is 54.6 Å². The van der Waals surface area contributed by atoms with Gasteiger partial charge in [0.1, 0.15) is 22.8 Å². The van der Waals surface area contributed by atoms with E-state index in [0.29, 0.717) is 5.69 Å². The van der Waals surface area contributed by atoms with Crippen molar-refractivity contribution < 1.29 is 14.3 Å². The highest BCUT2D eigenvalue weighted by atomic mass is 16.6. The van der Waals surface area contributed by atoms with Gasteiger partial charge in [-0.25, -0.2) is 9.78 Å². The molecule has 0 fully saturated rings. The Bertz CT molecular complexity index is 912. The zero-order chi connectivity index (χ0) is 18.0. The summed E-state index contributed by atoms with van der Waals surface area (Å²) in [6.45, 7) is 7.40. The van der Waals surface area contributed by atoms with Gasteiger partial charge in [0.05, 0.1) is 0 Å². The van der Waals surface area contributed by atoms with E-state index in [1.54, 1.807) is 6.07 Å². The molecule has 0 unspecified atom stereocenters. The van der Waals surface area contributed by atoms with E-state index < -0.39 is 11.6 Å². The van der Waals surface area contributed by atoms with Crippen molar-refractivity contribution in [3.63, 3.8) is 0 Å². The Morgan fingerprint density at radius 2 is 1.68 bits per heavy atom.